The Bertz CT molecular complexity index is 521. The van der Waals surface area contributed by atoms with E-state index in [1.165, 1.54) is 0 Å². The van der Waals surface area contributed by atoms with Crippen LogP contribution in [0.4, 0.5) is 0 Å². The first-order valence-corrected chi connectivity index (χ1v) is 6.57. The average Bonchev–Trinajstić information content (AvgIpc) is 2.89. The summed E-state index contributed by atoms with van der Waals surface area (Å²) in [5.41, 5.74) is 0.738. The molecular weight excluding hydrogens is 242 g/mol. The third kappa shape index (κ3) is 3.54. The van der Waals surface area contributed by atoms with E-state index in [0.717, 1.165) is 31.6 Å². The van der Waals surface area contributed by atoms with E-state index in [4.69, 9.17) is 4.52 Å². The van der Waals surface area contributed by atoms with Crippen LogP contribution in [0.5, 0.6) is 5.75 Å². The largest absolute Gasteiger partial charge is 0.508 e. The van der Waals surface area contributed by atoms with Crippen LogP contribution in [0, 0.1) is 0 Å². The van der Waals surface area contributed by atoms with Gasteiger partial charge in [0.1, 0.15) is 5.75 Å². The number of benzene rings is 1. The lowest BCUT2D eigenvalue weighted by Crippen LogP contribution is -2.25. The quantitative estimate of drug-likeness (QED) is 0.864. The Morgan fingerprint density at radius 3 is 2.74 bits per heavy atom. The highest BCUT2D eigenvalue weighted by Gasteiger charge is 2.10. The topological polar surface area (TPSA) is 62.4 Å². The Morgan fingerprint density at radius 2 is 2.05 bits per heavy atom. The molecule has 0 unspecified atom stereocenters. The summed E-state index contributed by atoms with van der Waals surface area (Å²) in [5.74, 6) is 1.34. The molecule has 0 fully saturated rings. The molecule has 5 heteroatoms. The summed E-state index contributed by atoms with van der Waals surface area (Å²) in [6, 6.07) is 6.81. The first-order valence-electron chi connectivity index (χ1n) is 6.57. The van der Waals surface area contributed by atoms with E-state index in [9.17, 15) is 5.11 Å². The van der Waals surface area contributed by atoms with Gasteiger partial charge < -0.3 is 14.5 Å². The monoisotopic (exact) mass is 261 g/mol. The number of hydrogen-bond acceptors (Lipinski definition) is 5. The van der Waals surface area contributed by atoms with Gasteiger partial charge in [0.05, 0.1) is 0 Å². The second kappa shape index (κ2) is 6.33. The lowest BCUT2D eigenvalue weighted by atomic mass is 10.2. The lowest BCUT2D eigenvalue weighted by molar-refractivity contribution is 0.303. The Labute approximate surface area is 112 Å². The summed E-state index contributed by atoms with van der Waals surface area (Å²) in [6.45, 7) is 7.24. The maximum atomic E-state index is 9.42. The fraction of sp³-hybridized carbons (Fsp3) is 0.429. The normalized spacial score (nSPS) is 11.1. The standard InChI is InChI=1S/C14H19N3O2/c1-3-17(4-2)9-8-13-15-14(19-16-13)11-6-5-7-12(18)10-11/h5-7,10,18H,3-4,8-9H2,1-2H3. The van der Waals surface area contributed by atoms with E-state index in [1.54, 1.807) is 18.2 Å². The molecule has 5 nitrogen and oxygen atoms in total. The van der Waals surface area contributed by atoms with Crippen LogP contribution in [0.1, 0.15) is 19.7 Å². The first-order chi connectivity index (χ1) is 9.22. The van der Waals surface area contributed by atoms with Crippen molar-refractivity contribution in [2.75, 3.05) is 19.6 Å². The Morgan fingerprint density at radius 1 is 1.26 bits per heavy atom. The molecular formula is C14H19N3O2. The van der Waals surface area contributed by atoms with Crippen LogP contribution in [0.3, 0.4) is 0 Å². The van der Waals surface area contributed by atoms with Gasteiger partial charge in [-0.2, -0.15) is 4.98 Å². The van der Waals surface area contributed by atoms with Crippen LogP contribution >= 0.6 is 0 Å². The van der Waals surface area contributed by atoms with Crippen molar-refractivity contribution in [1.82, 2.24) is 15.0 Å². The van der Waals surface area contributed by atoms with Gasteiger partial charge >= 0.3 is 0 Å². The predicted molar refractivity (Wildman–Crippen MR) is 72.9 cm³/mol. The number of aromatic nitrogens is 2. The van der Waals surface area contributed by atoms with Gasteiger partial charge in [-0.1, -0.05) is 25.1 Å². The zero-order valence-electron chi connectivity index (χ0n) is 11.3. The van der Waals surface area contributed by atoms with Crippen LogP contribution in [0.2, 0.25) is 0 Å². The van der Waals surface area contributed by atoms with Gasteiger partial charge in [-0.15, -0.1) is 0 Å². The fourth-order valence-electron chi connectivity index (χ4n) is 1.91. The predicted octanol–water partition coefficient (Wildman–Crippen LogP) is 2.33. The molecule has 0 radical (unpaired) electrons. The van der Waals surface area contributed by atoms with Crippen LogP contribution < -0.4 is 0 Å². The second-order valence-electron chi connectivity index (χ2n) is 4.34. The number of rotatable bonds is 6. The number of phenolic OH excluding ortho intramolecular Hbond substituents is 1. The van der Waals surface area contributed by atoms with Crippen molar-refractivity contribution < 1.29 is 9.63 Å². The molecule has 0 saturated carbocycles. The summed E-state index contributed by atoms with van der Waals surface area (Å²) < 4.78 is 5.21. The molecule has 19 heavy (non-hydrogen) atoms. The maximum Gasteiger partial charge on any atom is 0.258 e. The van der Waals surface area contributed by atoms with E-state index in [1.807, 2.05) is 6.07 Å². The highest BCUT2D eigenvalue weighted by molar-refractivity contribution is 5.55. The van der Waals surface area contributed by atoms with Crippen molar-refractivity contribution in [2.45, 2.75) is 20.3 Å². The fourth-order valence-corrected chi connectivity index (χ4v) is 1.91. The molecule has 1 heterocycles. The Balaban J connectivity index is 2.03. The van der Waals surface area contributed by atoms with Gasteiger partial charge in [-0.25, -0.2) is 0 Å². The summed E-state index contributed by atoms with van der Waals surface area (Å²) in [7, 11) is 0. The summed E-state index contributed by atoms with van der Waals surface area (Å²) >= 11 is 0. The zero-order chi connectivity index (χ0) is 13.7. The molecule has 0 aliphatic heterocycles. The molecule has 2 rings (SSSR count). The van der Waals surface area contributed by atoms with Crippen LogP contribution in [0.15, 0.2) is 28.8 Å². The Kier molecular flexibility index (Phi) is 4.52. The molecule has 1 N–H and O–H groups in total. The second-order valence-corrected chi connectivity index (χ2v) is 4.34. The number of phenols is 1. The maximum absolute atomic E-state index is 9.42. The molecule has 1 aromatic carbocycles. The molecule has 0 spiro atoms. The van der Waals surface area contributed by atoms with E-state index >= 15 is 0 Å². The highest BCUT2D eigenvalue weighted by Crippen LogP contribution is 2.21. The van der Waals surface area contributed by atoms with Crippen LogP contribution in [0.25, 0.3) is 11.5 Å². The molecule has 2 aromatic rings. The van der Waals surface area contributed by atoms with E-state index in [0.29, 0.717) is 11.7 Å². The van der Waals surface area contributed by atoms with Crippen molar-refractivity contribution >= 4 is 0 Å². The molecule has 0 atom stereocenters. The minimum Gasteiger partial charge on any atom is -0.508 e. The molecule has 0 bridgehead atoms. The molecule has 0 aliphatic carbocycles. The molecule has 0 amide bonds. The van der Waals surface area contributed by atoms with Gasteiger partial charge in [-0.05, 0) is 31.3 Å². The van der Waals surface area contributed by atoms with Gasteiger partial charge in [0.15, 0.2) is 5.82 Å². The Hall–Kier alpha value is -1.88. The summed E-state index contributed by atoms with van der Waals surface area (Å²) in [6.07, 6.45) is 0.768. The van der Waals surface area contributed by atoms with E-state index in [2.05, 4.69) is 28.9 Å². The molecule has 102 valence electrons. The lowest BCUT2D eigenvalue weighted by Gasteiger charge is -2.16. The smallest absolute Gasteiger partial charge is 0.258 e. The van der Waals surface area contributed by atoms with Gasteiger partial charge in [0.2, 0.25) is 0 Å². The third-order valence-electron chi connectivity index (χ3n) is 3.11. The number of aromatic hydroxyl groups is 1. The first kappa shape index (κ1) is 13.5. The molecule has 0 saturated heterocycles. The van der Waals surface area contributed by atoms with E-state index in [-0.39, 0.29) is 5.75 Å². The van der Waals surface area contributed by atoms with Crippen molar-refractivity contribution in [1.29, 1.82) is 0 Å². The van der Waals surface area contributed by atoms with Crippen molar-refractivity contribution in [3.63, 3.8) is 0 Å². The third-order valence-corrected chi connectivity index (χ3v) is 3.11. The number of likely N-dealkylation sites (N-methyl/N-ethyl adjacent to an activating group) is 1. The van der Waals surface area contributed by atoms with Crippen molar-refractivity contribution in [3.8, 4) is 17.2 Å². The average molecular weight is 261 g/mol. The van der Waals surface area contributed by atoms with Crippen LogP contribution in [-0.4, -0.2) is 39.8 Å². The van der Waals surface area contributed by atoms with Gasteiger partial charge in [-0.3, -0.25) is 0 Å². The van der Waals surface area contributed by atoms with E-state index < -0.39 is 0 Å². The molecule has 0 aliphatic rings. The zero-order valence-corrected chi connectivity index (χ0v) is 11.3. The minimum atomic E-state index is 0.195. The number of hydrogen-bond donors (Lipinski definition) is 1. The van der Waals surface area contributed by atoms with Crippen LogP contribution in [-0.2, 0) is 6.42 Å². The SMILES string of the molecule is CCN(CC)CCc1noc(-c2cccc(O)c2)n1. The molecule has 1 aromatic heterocycles. The number of nitrogens with zero attached hydrogens (tertiary/aromatic N) is 3. The van der Waals surface area contributed by atoms with Crippen molar-refractivity contribution in [3.05, 3.63) is 30.1 Å². The summed E-state index contributed by atoms with van der Waals surface area (Å²) in [4.78, 5) is 6.66. The van der Waals surface area contributed by atoms with Gasteiger partial charge in [0, 0.05) is 18.5 Å². The van der Waals surface area contributed by atoms with Gasteiger partial charge in [0.25, 0.3) is 5.89 Å². The summed E-state index contributed by atoms with van der Waals surface area (Å²) in [5, 5.41) is 13.4. The highest BCUT2D eigenvalue weighted by atomic mass is 16.5. The minimum absolute atomic E-state index is 0.195. The van der Waals surface area contributed by atoms with Crippen molar-refractivity contribution in [2.24, 2.45) is 0 Å².